The molecule has 0 bridgehead atoms. The number of carboxylic acid groups (broad SMARTS) is 1. The molecule has 36 heavy (non-hydrogen) atoms. The minimum absolute atomic E-state index is 0.106. The van der Waals surface area contributed by atoms with E-state index in [0.29, 0.717) is 17.4 Å². The molecular formula is C29H24N2O5. The van der Waals surface area contributed by atoms with Crippen molar-refractivity contribution in [2.24, 2.45) is 0 Å². The minimum Gasteiger partial charge on any atom is -0.480 e. The predicted octanol–water partition coefficient (Wildman–Crippen LogP) is 4.66. The third kappa shape index (κ3) is 4.63. The summed E-state index contributed by atoms with van der Waals surface area (Å²) in [4.78, 5) is 43.5. The molecule has 1 unspecified atom stereocenters. The van der Waals surface area contributed by atoms with Crippen molar-refractivity contribution in [1.29, 1.82) is 0 Å². The molecule has 2 aromatic heterocycles. The van der Waals surface area contributed by atoms with Gasteiger partial charge in [-0.05, 0) is 35.7 Å². The van der Waals surface area contributed by atoms with E-state index in [4.69, 9.17) is 4.42 Å². The molecule has 0 aliphatic heterocycles. The maximum atomic E-state index is 13.8. The molecule has 5 rings (SSSR count). The fraction of sp³-hybridized carbons (Fsp3) is 0.138. The lowest BCUT2D eigenvalue weighted by molar-refractivity contribution is -0.142. The zero-order valence-electron chi connectivity index (χ0n) is 19.4. The quantitative estimate of drug-likeness (QED) is 0.315. The summed E-state index contributed by atoms with van der Waals surface area (Å²) >= 11 is 0. The number of carbonyl (C=O) groups is 2. The fourth-order valence-corrected chi connectivity index (χ4v) is 4.51. The highest BCUT2D eigenvalue weighted by atomic mass is 16.4. The van der Waals surface area contributed by atoms with Crippen LogP contribution in [0.1, 0.15) is 21.5 Å². The van der Waals surface area contributed by atoms with E-state index in [0.717, 1.165) is 22.0 Å². The summed E-state index contributed by atoms with van der Waals surface area (Å²) in [6.07, 6.45) is 2.38. The Labute approximate surface area is 206 Å². The number of H-pyrrole nitrogens is 1. The Morgan fingerprint density at radius 3 is 2.47 bits per heavy atom. The standard InChI is InChI=1S/C29H24N2O5/c32-27(23-17-20-10-4-7-13-26(20)36-29(23)35)31(25(28(33)34)16-19-8-2-1-3-9-19)15-14-21-18-30-24-12-6-5-11-22(21)24/h1-13,17-18,25,30H,14-16H2,(H,33,34). The molecule has 7 nitrogen and oxygen atoms in total. The summed E-state index contributed by atoms with van der Waals surface area (Å²) < 4.78 is 5.38. The van der Waals surface area contributed by atoms with Crippen molar-refractivity contribution in [3.8, 4) is 0 Å². The number of nitrogens with one attached hydrogen (secondary N) is 1. The average Bonchev–Trinajstić information content (AvgIpc) is 3.31. The lowest BCUT2D eigenvalue weighted by Gasteiger charge is -2.29. The third-order valence-corrected chi connectivity index (χ3v) is 6.36. The number of aromatic nitrogens is 1. The highest BCUT2D eigenvalue weighted by Crippen LogP contribution is 2.21. The fourth-order valence-electron chi connectivity index (χ4n) is 4.51. The molecule has 0 saturated carbocycles. The highest BCUT2D eigenvalue weighted by Gasteiger charge is 2.32. The van der Waals surface area contributed by atoms with Gasteiger partial charge in [-0.3, -0.25) is 4.79 Å². The molecule has 2 heterocycles. The van der Waals surface area contributed by atoms with Gasteiger partial charge in [-0.2, -0.15) is 0 Å². The first-order valence-corrected chi connectivity index (χ1v) is 11.7. The summed E-state index contributed by atoms with van der Waals surface area (Å²) in [5.41, 5.74) is 2.08. The molecule has 3 aromatic carbocycles. The first kappa shape index (κ1) is 23.1. The van der Waals surface area contributed by atoms with Crippen LogP contribution in [0.15, 0.2) is 100 Å². The topological polar surface area (TPSA) is 104 Å². The van der Waals surface area contributed by atoms with Gasteiger partial charge in [0.2, 0.25) is 0 Å². The molecule has 1 amide bonds. The van der Waals surface area contributed by atoms with E-state index in [2.05, 4.69) is 4.98 Å². The first-order valence-electron chi connectivity index (χ1n) is 11.7. The van der Waals surface area contributed by atoms with Gasteiger partial charge in [0.25, 0.3) is 5.91 Å². The zero-order chi connectivity index (χ0) is 25.1. The van der Waals surface area contributed by atoms with Gasteiger partial charge >= 0.3 is 11.6 Å². The third-order valence-electron chi connectivity index (χ3n) is 6.36. The molecule has 0 fully saturated rings. The van der Waals surface area contributed by atoms with Crippen LogP contribution >= 0.6 is 0 Å². The molecule has 1 atom stereocenters. The van der Waals surface area contributed by atoms with Crippen molar-refractivity contribution in [2.45, 2.75) is 18.9 Å². The predicted molar refractivity (Wildman–Crippen MR) is 137 cm³/mol. The molecule has 0 saturated heterocycles. The monoisotopic (exact) mass is 480 g/mol. The summed E-state index contributed by atoms with van der Waals surface area (Å²) in [5.74, 6) is -1.81. The van der Waals surface area contributed by atoms with Crippen LogP contribution in [0.5, 0.6) is 0 Å². The number of fused-ring (bicyclic) bond motifs is 2. The van der Waals surface area contributed by atoms with Crippen molar-refractivity contribution < 1.29 is 19.1 Å². The van der Waals surface area contributed by atoms with Crippen molar-refractivity contribution in [3.63, 3.8) is 0 Å². The Kier molecular flexibility index (Phi) is 6.36. The number of carbonyl (C=O) groups excluding carboxylic acids is 1. The van der Waals surface area contributed by atoms with E-state index >= 15 is 0 Å². The molecule has 180 valence electrons. The second-order valence-electron chi connectivity index (χ2n) is 8.64. The van der Waals surface area contributed by atoms with Gasteiger partial charge in [0.05, 0.1) is 0 Å². The molecule has 0 aliphatic rings. The van der Waals surface area contributed by atoms with Crippen LogP contribution in [0.25, 0.3) is 21.9 Å². The normalized spacial score (nSPS) is 12.0. The Hall–Kier alpha value is -4.65. The number of aliphatic carboxylic acids is 1. The van der Waals surface area contributed by atoms with Gasteiger partial charge in [-0.25, -0.2) is 9.59 Å². The van der Waals surface area contributed by atoms with E-state index in [-0.39, 0.29) is 18.5 Å². The molecule has 0 radical (unpaired) electrons. The maximum absolute atomic E-state index is 13.8. The van der Waals surface area contributed by atoms with Crippen LogP contribution in [0.2, 0.25) is 0 Å². The van der Waals surface area contributed by atoms with Gasteiger partial charge < -0.3 is 19.4 Å². The zero-order valence-corrected chi connectivity index (χ0v) is 19.4. The van der Waals surface area contributed by atoms with E-state index < -0.39 is 23.5 Å². The number of hydrogen-bond donors (Lipinski definition) is 2. The number of carboxylic acids is 1. The number of benzene rings is 3. The molecule has 0 spiro atoms. The summed E-state index contributed by atoms with van der Waals surface area (Å²) in [6.45, 7) is 0.108. The minimum atomic E-state index is -1.17. The van der Waals surface area contributed by atoms with Crippen LogP contribution < -0.4 is 5.63 Å². The van der Waals surface area contributed by atoms with Gasteiger partial charge in [-0.15, -0.1) is 0 Å². The van der Waals surface area contributed by atoms with Crippen LogP contribution in [-0.4, -0.2) is 39.5 Å². The van der Waals surface area contributed by atoms with E-state index in [9.17, 15) is 19.5 Å². The summed E-state index contributed by atoms with van der Waals surface area (Å²) in [7, 11) is 0. The van der Waals surface area contributed by atoms with Crippen molar-refractivity contribution >= 4 is 33.7 Å². The van der Waals surface area contributed by atoms with Gasteiger partial charge in [0.15, 0.2) is 0 Å². The van der Waals surface area contributed by atoms with E-state index in [1.807, 2.05) is 60.8 Å². The maximum Gasteiger partial charge on any atom is 0.349 e. The summed E-state index contributed by atoms with van der Waals surface area (Å²) in [5, 5.41) is 11.8. The number of nitrogens with zero attached hydrogens (tertiary/aromatic N) is 1. The van der Waals surface area contributed by atoms with Crippen LogP contribution in [0.3, 0.4) is 0 Å². The van der Waals surface area contributed by atoms with E-state index in [1.165, 1.54) is 11.0 Å². The van der Waals surface area contributed by atoms with Crippen molar-refractivity contribution in [3.05, 3.63) is 118 Å². The lowest BCUT2D eigenvalue weighted by Crippen LogP contribution is -2.48. The van der Waals surface area contributed by atoms with Crippen LogP contribution in [-0.2, 0) is 17.6 Å². The summed E-state index contributed by atoms with van der Waals surface area (Å²) in [6, 6.07) is 24.1. The van der Waals surface area contributed by atoms with Gasteiger partial charge in [-0.1, -0.05) is 66.7 Å². The number of amides is 1. The van der Waals surface area contributed by atoms with Crippen molar-refractivity contribution in [1.82, 2.24) is 9.88 Å². The number of rotatable bonds is 8. The Morgan fingerprint density at radius 2 is 1.67 bits per heavy atom. The Bertz CT molecular complexity index is 1600. The molecule has 7 heteroatoms. The molecular weight excluding hydrogens is 456 g/mol. The SMILES string of the molecule is O=C(O)C(Cc1ccccc1)N(CCc1c[nH]c2ccccc12)C(=O)c1cc2ccccc2oc1=O. The van der Waals surface area contributed by atoms with Crippen LogP contribution in [0, 0.1) is 0 Å². The molecule has 0 aliphatic carbocycles. The molecule has 2 N–H and O–H groups in total. The largest absolute Gasteiger partial charge is 0.480 e. The number of para-hydroxylation sites is 2. The average molecular weight is 481 g/mol. The van der Waals surface area contributed by atoms with Gasteiger partial charge in [0.1, 0.15) is 17.2 Å². The van der Waals surface area contributed by atoms with Crippen molar-refractivity contribution in [2.75, 3.05) is 6.54 Å². The first-order chi connectivity index (χ1) is 17.5. The molecule has 5 aromatic rings. The second-order valence-corrected chi connectivity index (χ2v) is 8.64. The highest BCUT2D eigenvalue weighted by molar-refractivity contribution is 5.98. The Morgan fingerprint density at radius 1 is 0.944 bits per heavy atom. The smallest absolute Gasteiger partial charge is 0.349 e. The van der Waals surface area contributed by atoms with E-state index in [1.54, 1.807) is 24.3 Å². The lowest BCUT2D eigenvalue weighted by atomic mass is 10.0. The number of aromatic amines is 1. The number of hydrogen-bond acceptors (Lipinski definition) is 4. The second kappa shape index (κ2) is 9.92. The Balaban J connectivity index is 1.53. The van der Waals surface area contributed by atoms with Crippen LogP contribution in [0.4, 0.5) is 0 Å². The van der Waals surface area contributed by atoms with Gasteiger partial charge in [0, 0.05) is 35.5 Å².